The molecule has 0 spiro atoms. The number of halogens is 1. The molecule has 122 valence electrons. The summed E-state index contributed by atoms with van der Waals surface area (Å²) >= 11 is 3.29. The number of pyridine rings is 1. The van der Waals surface area contributed by atoms with Crippen molar-refractivity contribution in [1.82, 2.24) is 4.57 Å². The maximum absolute atomic E-state index is 11.9. The molecule has 0 bridgehead atoms. The summed E-state index contributed by atoms with van der Waals surface area (Å²) in [4.78, 5) is 27.4. The van der Waals surface area contributed by atoms with Crippen molar-refractivity contribution < 1.29 is 9.90 Å². The Morgan fingerprint density at radius 3 is 2.62 bits per heavy atom. The van der Waals surface area contributed by atoms with Crippen molar-refractivity contribution in [2.75, 3.05) is 5.32 Å². The van der Waals surface area contributed by atoms with Gasteiger partial charge in [-0.2, -0.15) is 5.26 Å². The zero-order chi connectivity index (χ0) is 17.9. The first kappa shape index (κ1) is 17.4. The molecule has 0 fully saturated rings. The van der Waals surface area contributed by atoms with E-state index in [2.05, 4.69) is 26.2 Å². The van der Waals surface area contributed by atoms with Gasteiger partial charge in [0, 0.05) is 23.4 Å². The van der Waals surface area contributed by atoms with Crippen LogP contribution in [0.15, 0.2) is 38.5 Å². The molecule has 8 heteroatoms. The third-order valence-corrected chi connectivity index (χ3v) is 3.90. The largest absolute Gasteiger partial charge is 0.494 e. The van der Waals surface area contributed by atoms with Crippen molar-refractivity contribution in [3.05, 3.63) is 55.8 Å². The second kappa shape index (κ2) is 7.10. The Kier molecular flexibility index (Phi) is 5.16. The molecular formula is C16H13BrN4O3. The molecule has 2 aromatic rings. The van der Waals surface area contributed by atoms with Crippen LogP contribution in [0, 0.1) is 18.3 Å². The number of hydrogen-bond acceptors (Lipinski definition) is 4. The smallest absolute Gasteiger partial charge is 0.345 e. The molecule has 2 amide bonds. The first-order valence-electron chi connectivity index (χ1n) is 6.78. The summed E-state index contributed by atoms with van der Waals surface area (Å²) in [6.07, 6.45) is 1.12. The topological polar surface area (TPSA) is 107 Å². The maximum atomic E-state index is 11.9. The van der Waals surface area contributed by atoms with Crippen LogP contribution in [-0.4, -0.2) is 21.9 Å². The number of benzene rings is 1. The summed E-state index contributed by atoms with van der Waals surface area (Å²) in [7, 11) is 1.33. The quantitative estimate of drug-likeness (QED) is 0.770. The number of hydrogen-bond donors (Lipinski definition) is 2. The van der Waals surface area contributed by atoms with Gasteiger partial charge in [0.1, 0.15) is 11.6 Å². The van der Waals surface area contributed by atoms with E-state index < -0.39 is 11.6 Å². The average Bonchev–Trinajstić information content (AvgIpc) is 2.55. The van der Waals surface area contributed by atoms with Crippen molar-refractivity contribution in [1.29, 1.82) is 5.26 Å². The van der Waals surface area contributed by atoms with Crippen LogP contribution in [-0.2, 0) is 7.05 Å². The highest BCUT2D eigenvalue weighted by molar-refractivity contribution is 9.10. The molecule has 0 atom stereocenters. The molecule has 0 radical (unpaired) electrons. The van der Waals surface area contributed by atoms with E-state index in [0.717, 1.165) is 15.3 Å². The summed E-state index contributed by atoms with van der Waals surface area (Å²) in [5.74, 6) is -0.364. The van der Waals surface area contributed by atoms with Gasteiger partial charge in [0.2, 0.25) is 5.88 Å². The van der Waals surface area contributed by atoms with E-state index in [9.17, 15) is 14.7 Å². The minimum atomic E-state index is -0.650. The summed E-state index contributed by atoms with van der Waals surface area (Å²) in [5, 5.41) is 21.7. The monoisotopic (exact) mass is 388 g/mol. The number of nitrogens with zero attached hydrogens (tertiary/aromatic N) is 3. The second-order valence-electron chi connectivity index (χ2n) is 4.91. The van der Waals surface area contributed by atoms with Crippen LogP contribution in [0.25, 0.3) is 0 Å². The Morgan fingerprint density at radius 2 is 2.04 bits per heavy atom. The zero-order valence-corrected chi connectivity index (χ0v) is 14.5. The van der Waals surface area contributed by atoms with Gasteiger partial charge in [-0.25, -0.2) is 9.79 Å². The molecule has 2 N–H and O–H groups in total. The van der Waals surface area contributed by atoms with E-state index in [-0.39, 0.29) is 22.6 Å². The highest BCUT2D eigenvalue weighted by Gasteiger charge is 2.15. The standard InChI is InChI=1S/C16H13BrN4O3/c1-9-12(7-18)14(22)21(2)15(23)13(9)8-19-16(24)20-11-5-3-10(17)4-6-11/h3-6,8,23H,1-2H3,(H,20,24)/b19-8+. The van der Waals surface area contributed by atoms with E-state index in [0.29, 0.717) is 5.69 Å². The number of aromatic nitrogens is 1. The molecule has 24 heavy (non-hydrogen) atoms. The normalized spacial score (nSPS) is 10.6. The molecule has 1 aromatic heterocycles. The van der Waals surface area contributed by atoms with Crippen LogP contribution < -0.4 is 10.9 Å². The summed E-state index contributed by atoms with van der Waals surface area (Å²) < 4.78 is 1.80. The number of urea groups is 1. The first-order valence-corrected chi connectivity index (χ1v) is 7.57. The lowest BCUT2D eigenvalue weighted by atomic mass is 10.1. The van der Waals surface area contributed by atoms with Crippen molar-refractivity contribution in [2.24, 2.45) is 12.0 Å². The number of carbonyl (C=O) groups is 1. The minimum absolute atomic E-state index is 0.106. The Balaban J connectivity index is 2.30. The Hall–Kier alpha value is -2.92. The predicted octanol–water partition coefficient (Wildman–Crippen LogP) is 2.68. The van der Waals surface area contributed by atoms with E-state index in [4.69, 9.17) is 5.26 Å². The molecule has 0 unspecified atom stereocenters. The third-order valence-electron chi connectivity index (χ3n) is 3.37. The molecule has 0 aliphatic heterocycles. The van der Waals surface area contributed by atoms with E-state index >= 15 is 0 Å². The molecule has 0 saturated heterocycles. The number of nitriles is 1. The molecular weight excluding hydrogens is 376 g/mol. The lowest BCUT2D eigenvalue weighted by molar-refractivity contribution is 0.259. The average molecular weight is 389 g/mol. The fourth-order valence-electron chi connectivity index (χ4n) is 2.01. The molecule has 2 rings (SSSR count). The van der Waals surface area contributed by atoms with Gasteiger partial charge >= 0.3 is 6.03 Å². The number of amides is 2. The Morgan fingerprint density at radius 1 is 1.42 bits per heavy atom. The van der Waals surface area contributed by atoms with Crippen LogP contribution >= 0.6 is 15.9 Å². The van der Waals surface area contributed by atoms with Gasteiger partial charge in [0.15, 0.2) is 0 Å². The van der Waals surface area contributed by atoms with Crippen LogP contribution in [0.4, 0.5) is 10.5 Å². The van der Waals surface area contributed by atoms with Crippen LogP contribution in [0.2, 0.25) is 0 Å². The number of aromatic hydroxyl groups is 1. The molecule has 1 aromatic carbocycles. The van der Waals surface area contributed by atoms with Crippen molar-refractivity contribution in [2.45, 2.75) is 6.92 Å². The number of nitrogens with one attached hydrogen (secondary N) is 1. The molecule has 1 heterocycles. The summed E-state index contributed by atoms with van der Waals surface area (Å²) in [5.41, 5.74) is 0.242. The summed E-state index contributed by atoms with van der Waals surface area (Å²) in [6, 6.07) is 8.06. The van der Waals surface area contributed by atoms with Gasteiger partial charge < -0.3 is 10.4 Å². The number of aliphatic imine (C=N–C) groups is 1. The molecule has 0 saturated carbocycles. The highest BCUT2D eigenvalue weighted by atomic mass is 79.9. The minimum Gasteiger partial charge on any atom is -0.494 e. The van der Waals surface area contributed by atoms with E-state index in [1.807, 2.05) is 0 Å². The third kappa shape index (κ3) is 3.52. The lowest BCUT2D eigenvalue weighted by Crippen LogP contribution is -2.22. The van der Waals surface area contributed by atoms with E-state index in [1.165, 1.54) is 14.0 Å². The SMILES string of the molecule is Cc1c(/C=N/C(=O)Nc2ccc(Br)cc2)c(O)n(C)c(=O)c1C#N. The van der Waals surface area contributed by atoms with Gasteiger partial charge in [0.25, 0.3) is 5.56 Å². The first-order chi connectivity index (χ1) is 11.3. The van der Waals surface area contributed by atoms with Gasteiger partial charge in [0.05, 0.1) is 5.56 Å². The zero-order valence-electron chi connectivity index (χ0n) is 12.9. The van der Waals surface area contributed by atoms with Crippen LogP contribution in [0.3, 0.4) is 0 Å². The van der Waals surface area contributed by atoms with Crippen molar-refractivity contribution >= 4 is 33.9 Å². The van der Waals surface area contributed by atoms with E-state index in [1.54, 1.807) is 30.3 Å². The maximum Gasteiger partial charge on any atom is 0.345 e. The predicted molar refractivity (Wildman–Crippen MR) is 93.6 cm³/mol. The molecule has 0 aliphatic rings. The van der Waals surface area contributed by atoms with Crippen LogP contribution in [0.1, 0.15) is 16.7 Å². The fourth-order valence-corrected chi connectivity index (χ4v) is 2.27. The highest BCUT2D eigenvalue weighted by Crippen LogP contribution is 2.19. The molecule has 7 nitrogen and oxygen atoms in total. The van der Waals surface area contributed by atoms with Gasteiger partial charge in [-0.15, -0.1) is 0 Å². The second-order valence-corrected chi connectivity index (χ2v) is 5.82. The summed E-state index contributed by atoms with van der Waals surface area (Å²) in [6.45, 7) is 1.51. The van der Waals surface area contributed by atoms with Gasteiger partial charge in [-0.1, -0.05) is 15.9 Å². The van der Waals surface area contributed by atoms with Crippen molar-refractivity contribution in [3.8, 4) is 11.9 Å². The van der Waals surface area contributed by atoms with Crippen LogP contribution in [0.5, 0.6) is 5.88 Å². The number of rotatable bonds is 2. The number of anilines is 1. The van der Waals surface area contributed by atoms with Crippen molar-refractivity contribution in [3.63, 3.8) is 0 Å². The molecule has 0 aliphatic carbocycles. The Labute approximate surface area is 146 Å². The fraction of sp³-hybridized carbons (Fsp3) is 0.125. The van der Waals surface area contributed by atoms with Gasteiger partial charge in [-0.3, -0.25) is 9.36 Å². The number of carbonyl (C=O) groups excluding carboxylic acids is 1. The van der Waals surface area contributed by atoms with Gasteiger partial charge in [-0.05, 0) is 36.8 Å². The Bertz CT molecular complexity index is 924. The lowest BCUT2D eigenvalue weighted by Gasteiger charge is -2.09.